The van der Waals surface area contributed by atoms with Gasteiger partial charge >= 0.3 is 6.18 Å². The molecule has 0 aliphatic heterocycles. The van der Waals surface area contributed by atoms with Gasteiger partial charge in [0.05, 0.1) is 16.9 Å². The van der Waals surface area contributed by atoms with E-state index in [-0.39, 0.29) is 11.8 Å². The lowest BCUT2D eigenvalue weighted by atomic mass is 10.2. The second-order valence-electron chi connectivity index (χ2n) is 4.38. The maximum Gasteiger partial charge on any atom is 0.409 e. The summed E-state index contributed by atoms with van der Waals surface area (Å²) in [6.45, 7) is 5.28. The Balaban J connectivity index is 3.05. The average Bonchev–Trinajstić information content (AvgIpc) is 2.48. The van der Waals surface area contributed by atoms with E-state index >= 15 is 0 Å². The van der Waals surface area contributed by atoms with E-state index in [0.717, 1.165) is 34.9 Å². The van der Waals surface area contributed by atoms with Gasteiger partial charge in [0, 0.05) is 22.7 Å². The number of allylic oxidation sites excluding steroid dienone is 2. The van der Waals surface area contributed by atoms with Crippen LogP contribution in [0.15, 0.2) is 57.1 Å². The molecule has 0 aliphatic rings. The quantitative estimate of drug-likeness (QED) is 0.336. The van der Waals surface area contributed by atoms with E-state index in [9.17, 15) is 13.2 Å². The van der Waals surface area contributed by atoms with Crippen molar-refractivity contribution in [1.82, 2.24) is 0 Å². The molecule has 1 aromatic carbocycles. The number of hydrogen-bond acceptors (Lipinski definition) is 3. The van der Waals surface area contributed by atoms with Crippen LogP contribution in [0.4, 0.5) is 13.2 Å². The molecule has 0 aromatic heterocycles. The molecule has 0 amide bonds. The zero-order chi connectivity index (χ0) is 17.3. The molecule has 1 rings (SSSR count). The molecule has 0 aliphatic carbocycles. The monoisotopic (exact) mass is 360 g/mol. The van der Waals surface area contributed by atoms with Gasteiger partial charge in [-0.25, -0.2) is 0 Å². The number of aliphatic imine (C=N–C) groups is 2. The topological polar surface area (TPSA) is 24.7 Å². The Labute approximate surface area is 142 Å². The van der Waals surface area contributed by atoms with Crippen LogP contribution in [0.5, 0.6) is 0 Å². The Bertz CT molecular complexity index is 622. The van der Waals surface area contributed by atoms with E-state index in [2.05, 4.69) is 23.6 Å². The van der Waals surface area contributed by atoms with Crippen molar-refractivity contribution in [3.8, 4) is 0 Å². The molecule has 0 spiro atoms. The van der Waals surface area contributed by atoms with Crippen molar-refractivity contribution in [2.75, 3.05) is 5.75 Å². The minimum atomic E-state index is -4.41. The predicted octanol–water partition coefficient (Wildman–Crippen LogP) is 5.92. The number of benzene rings is 1. The van der Waals surface area contributed by atoms with Crippen molar-refractivity contribution < 1.29 is 13.2 Å². The average molecular weight is 361 g/mol. The second-order valence-corrected chi connectivity index (χ2v) is 5.89. The Morgan fingerprint density at radius 3 is 2.74 bits per heavy atom. The van der Waals surface area contributed by atoms with Gasteiger partial charge in [-0.15, -0.1) is 11.8 Å². The van der Waals surface area contributed by atoms with Crippen molar-refractivity contribution in [3.05, 3.63) is 52.8 Å². The fourth-order valence-electron chi connectivity index (χ4n) is 1.52. The summed E-state index contributed by atoms with van der Waals surface area (Å²) in [6, 6.07) is 5.34. The van der Waals surface area contributed by atoms with Crippen LogP contribution in [0.1, 0.15) is 18.9 Å². The van der Waals surface area contributed by atoms with E-state index in [4.69, 9.17) is 11.6 Å². The third-order valence-electron chi connectivity index (χ3n) is 2.47. The van der Waals surface area contributed by atoms with Gasteiger partial charge in [0.1, 0.15) is 0 Å². The second kappa shape index (κ2) is 9.57. The molecule has 7 heteroatoms. The highest BCUT2D eigenvalue weighted by atomic mass is 35.5. The van der Waals surface area contributed by atoms with Crippen LogP contribution in [0, 0.1) is 0 Å². The van der Waals surface area contributed by atoms with Gasteiger partial charge < -0.3 is 0 Å². The summed E-state index contributed by atoms with van der Waals surface area (Å²) in [5.41, 5.74) is 0.787. The minimum absolute atomic E-state index is 0.0451. The molecule has 0 radical (unpaired) electrons. The van der Waals surface area contributed by atoms with Gasteiger partial charge in [0.2, 0.25) is 0 Å². The van der Waals surface area contributed by atoms with Gasteiger partial charge in [-0.1, -0.05) is 30.7 Å². The highest BCUT2D eigenvalue weighted by Crippen LogP contribution is 2.30. The molecule has 0 bridgehead atoms. The smallest absolute Gasteiger partial charge is 0.270 e. The fraction of sp³-hybridized carbons (Fsp3) is 0.250. The van der Waals surface area contributed by atoms with Crippen LogP contribution in [-0.2, 0) is 0 Å². The number of halogens is 4. The standard InChI is InChI=1S/C16H16ClF3N2S/c1-3-9-23-15-12(5-4-6-14(15)17)10-22-13(11-21-2)7-8-16(18,19)20/h4-8,10-11H,2-3,9H2,1H3/b8-7+,13-11+,22-10?. The zero-order valence-electron chi connectivity index (χ0n) is 12.5. The molecule has 1 aromatic rings. The molecule has 0 atom stereocenters. The molecule has 0 fully saturated rings. The largest absolute Gasteiger partial charge is 0.409 e. The van der Waals surface area contributed by atoms with Crippen molar-refractivity contribution in [3.63, 3.8) is 0 Å². The van der Waals surface area contributed by atoms with Gasteiger partial charge in [-0.05, 0) is 31.0 Å². The number of rotatable bonds is 7. The predicted molar refractivity (Wildman–Crippen MR) is 92.9 cm³/mol. The van der Waals surface area contributed by atoms with Crippen LogP contribution in [0.3, 0.4) is 0 Å². The lowest BCUT2D eigenvalue weighted by Gasteiger charge is -2.07. The Morgan fingerprint density at radius 2 is 2.13 bits per heavy atom. The summed E-state index contributed by atoms with van der Waals surface area (Å²) in [5.74, 6) is 0.884. The maximum atomic E-state index is 12.2. The Morgan fingerprint density at radius 1 is 1.39 bits per heavy atom. The first kappa shape index (κ1) is 19.5. The van der Waals surface area contributed by atoms with E-state index in [0.29, 0.717) is 5.02 Å². The SMILES string of the molecule is C=N/C=C(\C=C\C(F)(F)F)N=Cc1cccc(Cl)c1SCCC. The van der Waals surface area contributed by atoms with Crippen molar-refractivity contribution in [2.45, 2.75) is 24.4 Å². The molecule has 0 heterocycles. The Hall–Kier alpha value is -1.53. The number of nitrogens with zero attached hydrogens (tertiary/aromatic N) is 2. The van der Waals surface area contributed by atoms with Gasteiger partial charge in [-0.2, -0.15) is 13.2 Å². The molecule has 23 heavy (non-hydrogen) atoms. The molecule has 0 saturated heterocycles. The van der Waals surface area contributed by atoms with Gasteiger partial charge in [0.15, 0.2) is 0 Å². The molecule has 124 valence electrons. The first-order valence-electron chi connectivity index (χ1n) is 6.74. The summed E-state index contributed by atoms with van der Waals surface area (Å²) < 4.78 is 36.7. The third kappa shape index (κ3) is 7.52. The molecule has 0 saturated carbocycles. The zero-order valence-corrected chi connectivity index (χ0v) is 14.0. The fourth-order valence-corrected chi connectivity index (χ4v) is 2.77. The van der Waals surface area contributed by atoms with E-state index in [1.165, 1.54) is 6.21 Å². The molecular formula is C16H16ClF3N2S. The third-order valence-corrected chi connectivity index (χ3v) is 4.25. The van der Waals surface area contributed by atoms with E-state index in [1.54, 1.807) is 30.0 Å². The molecule has 2 nitrogen and oxygen atoms in total. The molecule has 0 N–H and O–H groups in total. The highest BCUT2D eigenvalue weighted by Gasteiger charge is 2.21. The van der Waals surface area contributed by atoms with Crippen molar-refractivity contribution in [1.29, 1.82) is 0 Å². The maximum absolute atomic E-state index is 12.2. The van der Waals surface area contributed by atoms with Crippen LogP contribution in [0.25, 0.3) is 0 Å². The summed E-state index contributed by atoms with van der Waals surface area (Å²) >= 11 is 7.75. The van der Waals surface area contributed by atoms with Crippen molar-refractivity contribution in [2.24, 2.45) is 9.98 Å². The highest BCUT2D eigenvalue weighted by molar-refractivity contribution is 7.99. The van der Waals surface area contributed by atoms with E-state index < -0.39 is 6.18 Å². The minimum Gasteiger partial charge on any atom is -0.270 e. The van der Waals surface area contributed by atoms with Crippen LogP contribution < -0.4 is 0 Å². The van der Waals surface area contributed by atoms with E-state index in [1.807, 2.05) is 0 Å². The number of hydrogen-bond donors (Lipinski definition) is 0. The Kier molecular flexibility index (Phi) is 8.12. The van der Waals surface area contributed by atoms with Crippen LogP contribution in [0.2, 0.25) is 5.02 Å². The summed E-state index contributed by atoms with van der Waals surface area (Å²) in [6.07, 6.45) is 0.144. The lowest BCUT2D eigenvalue weighted by Crippen LogP contribution is -2.00. The summed E-state index contributed by atoms with van der Waals surface area (Å²) in [5, 5.41) is 0.589. The number of thioether (sulfide) groups is 1. The molecular weight excluding hydrogens is 345 g/mol. The first-order chi connectivity index (χ1) is 10.9. The molecule has 0 unspecified atom stereocenters. The van der Waals surface area contributed by atoms with Gasteiger partial charge in [-0.3, -0.25) is 9.98 Å². The van der Waals surface area contributed by atoms with Crippen molar-refractivity contribution >= 4 is 36.3 Å². The normalized spacial score (nSPS) is 13.2. The first-order valence-corrected chi connectivity index (χ1v) is 8.11. The summed E-state index contributed by atoms with van der Waals surface area (Å²) in [4.78, 5) is 8.36. The summed E-state index contributed by atoms with van der Waals surface area (Å²) in [7, 11) is 0. The lowest BCUT2D eigenvalue weighted by molar-refractivity contribution is -0.0798. The van der Waals surface area contributed by atoms with Gasteiger partial charge in [0.25, 0.3) is 0 Å². The van der Waals surface area contributed by atoms with Crippen LogP contribution >= 0.6 is 23.4 Å². The number of alkyl halides is 3. The van der Waals surface area contributed by atoms with Crippen LogP contribution in [-0.4, -0.2) is 24.9 Å².